The number of ether oxygens (including phenoxy) is 1. The molecule has 0 radical (unpaired) electrons. The zero-order valence-corrected chi connectivity index (χ0v) is 18.3. The Balaban J connectivity index is 1.42. The van der Waals surface area contributed by atoms with Gasteiger partial charge in [0.25, 0.3) is 0 Å². The Hall–Kier alpha value is -2.86. The summed E-state index contributed by atoms with van der Waals surface area (Å²) in [5.74, 6) is 0.747. The second-order valence-electron chi connectivity index (χ2n) is 7.67. The highest BCUT2D eigenvalue weighted by Crippen LogP contribution is 2.30. The maximum absolute atomic E-state index is 5.58. The molecule has 1 atom stereocenters. The van der Waals surface area contributed by atoms with Crippen LogP contribution in [0.1, 0.15) is 37.8 Å². The van der Waals surface area contributed by atoms with E-state index in [4.69, 9.17) is 17.0 Å². The van der Waals surface area contributed by atoms with E-state index in [1.807, 2.05) is 24.3 Å². The third-order valence-electron chi connectivity index (χ3n) is 5.66. The Morgan fingerprint density at radius 1 is 1.07 bits per heavy atom. The minimum absolute atomic E-state index is 0.100. The van der Waals surface area contributed by atoms with E-state index in [1.165, 1.54) is 30.5 Å². The molecular weight excluding hydrogens is 392 g/mol. The highest BCUT2D eigenvalue weighted by atomic mass is 32.1. The molecule has 1 aromatic heterocycles. The molecule has 1 fully saturated rings. The Bertz CT molecular complexity index is 1020. The second kappa shape index (κ2) is 9.30. The van der Waals surface area contributed by atoms with Crippen molar-refractivity contribution in [2.45, 2.75) is 32.2 Å². The zero-order valence-electron chi connectivity index (χ0n) is 17.5. The van der Waals surface area contributed by atoms with Gasteiger partial charge < -0.3 is 20.3 Å². The van der Waals surface area contributed by atoms with E-state index in [-0.39, 0.29) is 6.04 Å². The molecule has 1 saturated heterocycles. The van der Waals surface area contributed by atoms with Crippen molar-refractivity contribution >= 4 is 39.6 Å². The van der Waals surface area contributed by atoms with E-state index < -0.39 is 0 Å². The molecule has 6 heteroatoms. The highest BCUT2D eigenvalue weighted by Gasteiger charge is 2.13. The third kappa shape index (κ3) is 4.49. The summed E-state index contributed by atoms with van der Waals surface area (Å²) in [7, 11) is 1.65. The summed E-state index contributed by atoms with van der Waals surface area (Å²) in [4.78, 5) is 6.92. The molecule has 1 aliphatic heterocycles. The number of hydrogen-bond acceptors (Lipinski definition) is 4. The van der Waals surface area contributed by atoms with Gasteiger partial charge in [0.15, 0.2) is 5.11 Å². The molecule has 1 aliphatic rings. The van der Waals surface area contributed by atoms with Crippen molar-refractivity contribution in [3.8, 4) is 5.75 Å². The molecule has 0 bridgehead atoms. The largest absolute Gasteiger partial charge is 0.494 e. The predicted molar refractivity (Wildman–Crippen MR) is 129 cm³/mol. The second-order valence-corrected chi connectivity index (χ2v) is 8.08. The predicted octanol–water partition coefficient (Wildman–Crippen LogP) is 5.28. The summed E-state index contributed by atoms with van der Waals surface area (Å²) < 4.78 is 5.42. The van der Waals surface area contributed by atoms with Gasteiger partial charge in [-0.05, 0) is 80.4 Å². The molecule has 4 rings (SSSR count). The summed E-state index contributed by atoms with van der Waals surface area (Å²) >= 11 is 5.58. The molecule has 0 aliphatic carbocycles. The van der Waals surface area contributed by atoms with Gasteiger partial charge in [0.2, 0.25) is 0 Å². The minimum Gasteiger partial charge on any atom is -0.494 e. The number of anilines is 2. The smallest absolute Gasteiger partial charge is 0.171 e. The number of nitrogens with one attached hydrogen (secondary N) is 2. The van der Waals surface area contributed by atoms with E-state index >= 15 is 0 Å². The van der Waals surface area contributed by atoms with Crippen LogP contribution in [0, 0.1) is 0 Å². The molecule has 0 amide bonds. The molecule has 30 heavy (non-hydrogen) atoms. The van der Waals surface area contributed by atoms with Crippen LogP contribution in [0.4, 0.5) is 11.4 Å². The van der Waals surface area contributed by atoms with E-state index in [9.17, 15) is 0 Å². The molecule has 2 aromatic carbocycles. The van der Waals surface area contributed by atoms with E-state index in [0.717, 1.165) is 35.4 Å². The number of methoxy groups -OCH3 is 1. The Kier molecular flexibility index (Phi) is 6.33. The van der Waals surface area contributed by atoms with Crippen LogP contribution in [0.25, 0.3) is 10.9 Å². The lowest BCUT2D eigenvalue weighted by atomic mass is 10.1. The standard InChI is InChI=1S/C24H28N4OS/c1-17(18-8-10-19(11-9-18)28-15-4-3-5-16-28)26-24(30)27-21-12-13-22(29-2)23-20(21)7-6-14-25-23/h6-14,17H,3-5,15-16H2,1-2H3,(H2,26,27,30). The van der Waals surface area contributed by atoms with Crippen molar-refractivity contribution in [2.24, 2.45) is 0 Å². The first-order valence-corrected chi connectivity index (χ1v) is 10.9. The number of hydrogen-bond donors (Lipinski definition) is 2. The summed E-state index contributed by atoms with van der Waals surface area (Å²) in [6, 6.07) is 16.7. The third-order valence-corrected chi connectivity index (χ3v) is 5.88. The van der Waals surface area contributed by atoms with Crippen LogP contribution in [-0.4, -0.2) is 30.3 Å². The average Bonchev–Trinajstić information content (AvgIpc) is 2.80. The van der Waals surface area contributed by atoms with Gasteiger partial charge in [0, 0.05) is 36.0 Å². The van der Waals surface area contributed by atoms with Crippen molar-refractivity contribution in [2.75, 3.05) is 30.4 Å². The molecule has 2 N–H and O–H groups in total. The lowest BCUT2D eigenvalue weighted by molar-refractivity contribution is 0.419. The van der Waals surface area contributed by atoms with Gasteiger partial charge in [0.05, 0.1) is 13.2 Å². The van der Waals surface area contributed by atoms with E-state index in [2.05, 4.69) is 51.7 Å². The summed E-state index contributed by atoms with van der Waals surface area (Å²) in [6.45, 7) is 4.44. The first-order chi connectivity index (χ1) is 14.7. The quantitative estimate of drug-likeness (QED) is 0.548. The fraction of sp³-hybridized carbons (Fsp3) is 0.333. The number of pyridine rings is 1. The SMILES string of the molecule is COc1ccc(NC(=S)NC(C)c2ccc(N3CCCCC3)cc2)c2cccnc12. The average molecular weight is 421 g/mol. The van der Waals surface area contributed by atoms with Crippen LogP contribution >= 0.6 is 12.2 Å². The van der Waals surface area contributed by atoms with Crippen molar-refractivity contribution in [1.82, 2.24) is 10.3 Å². The van der Waals surface area contributed by atoms with E-state index in [1.54, 1.807) is 13.3 Å². The van der Waals surface area contributed by atoms with Gasteiger partial charge in [-0.25, -0.2) is 0 Å². The fourth-order valence-corrected chi connectivity index (χ4v) is 4.27. The normalized spacial score (nSPS) is 14.9. The monoisotopic (exact) mass is 420 g/mol. The van der Waals surface area contributed by atoms with Crippen LogP contribution in [0.5, 0.6) is 5.75 Å². The molecule has 0 saturated carbocycles. The fourth-order valence-electron chi connectivity index (χ4n) is 3.98. The maximum atomic E-state index is 5.58. The first kappa shape index (κ1) is 20.4. The van der Waals surface area contributed by atoms with Crippen molar-refractivity contribution in [1.29, 1.82) is 0 Å². The van der Waals surface area contributed by atoms with Crippen LogP contribution in [0.2, 0.25) is 0 Å². The topological polar surface area (TPSA) is 49.4 Å². The zero-order chi connectivity index (χ0) is 20.9. The number of fused-ring (bicyclic) bond motifs is 1. The van der Waals surface area contributed by atoms with Gasteiger partial charge in [0.1, 0.15) is 11.3 Å². The number of benzene rings is 2. The first-order valence-electron chi connectivity index (χ1n) is 10.5. The molecular formula is C24H28N4OS. The van der Waals surface area contributed by atoms with Crippen LogP contribution in [0.3, 0.4) is 0 Å². The van der Waals surface area contributed by atoms with Gasteiger partial charge in [-0.3, -0.25) is 4.98 Å². The lowest BCUT2D eigenvalue weighted by Gasteiger charge is -2.29. The molecule has 3 aromatic rings. The van der Waals surface area contributed by atoms with Gasteiger partial charge >= 0.3 is 0 Å². The van der Waals surface area contributed by atoms with Gasteiger partial charge in [-0.15, -0.1) is 0 Å². The summed E-state index contributed by atoms with van der Waals surface area (Å²) in [5.41, 5.74) is 4.24. The van der Waals surface area contributed by atoms with Crippen molar-refractivity contribution in [3.63, 3.8) is 0 Å². The van der Waals surface area contributed by atoms with Crippen molar-refractivity contribution in [3.05, 3.63) is 60.3 Å². The Morgan fingerprint density at radius 3 is 2.57 bits per heavy atom. The maximum Gasteiger partial charge on any atom is 0.171 e. The Morgan fingerprint density at radius 2 is 1.83 bits per heavy atom. The molecule has 2 heterocycles. The molecule has 1 unspecified atom stereocenters. The molecule has 156 valence electrons. The number of aromatic nitrogens is 1. The Labute approximate surface area is 183 Å². The van der Waals surface area contributed by atoms with Crippen LogP contribution in [0.15, 0.2) is 54.7 Å². The summed E-state index contributed by atoms with van der Waals surface area (Å²) in [5, 5.41) is 8.26. The molecule has 0 spiro atoms. The molecule has 5 nitrogen and oxygen atoms in total. The van der Waals surface area contributed by atoms with Crippen LogP contribution < -0.4 is 20.3 Å². The highest BCUT2D eigenvalue weighted by molar-refractivity contribution is 7.80. The minimum atomic E-state index is 0.100. The number of rotatable bonds is 5. The number of thiocarbonyl (C=S) groups is 1. The summed E-state index contributed by atoms with van der Waals surface area (Å²) in [6.07, 6.45) is 5.69. The van der Waals surface area contributed by atoms with Crippen molar-refractivity contribution < 1.29 is 4.74 Å². The number of nitrogens with zero attached hydrogens (tertiary/aromatic N) is 2. The van der Waals surface area contributed by atoms with E-state index in [0.29, 0.717) is 5.11 Å². The van der Waals surface area contributed by atoms with Crippen LogP contribution in [-0.2, 0) is 0 Å². The van der Waals surface area contributed by atoms with Gasteiger partial charge in [-0.1, -0.05) is 12.1 Å². The number of piperidine rings is 1. The lowest BCUT2D eigenvalue weighted by Crippen LogP contribution is -2.31. The van der Waals surface area contributed by atoms with Gasteiger partial charge in [-0.2, -0.15) is 0 Å².